The standard InChI is InChI=1S/C16H21NO6/c1-9(18)15(20)16(21)13(22-2)8-17-11-5-3-10-4-6-14(19)23-12(10)7-11/h3-7,9,13,15-18,20-21H,8H2,1-2H3. The summed E-state index contributed by atoms with van der Waals surface area (Å²) in [4.78, 5) is 11.2. The predicted molar refractivity (Wildman–Crippen MR) is 85.5 cm³/mol. The molecular formula is C16H21NO6. The van der Waals surface area contributed by atoms with Gasteiger partial charge in [0, 0.05) is 36.9 Å². The summed E-state index contributed by atoms with van der Waals surface area (Å²) < 4.78 is 10.3. The van der Waals surface area contributed by atoms with Crippen LogP contribution in [0, 0.1) is 0 Å². The molecule has 0 amide bonds. The molecule has 23 heavy (non-hydrogen) atoms. The number of nitrogens with one attached hydrogen (secondary N) is 1. The van der Waals surface area contributed by atoms with Crippen molar-refractivity contribution in [3.05, 3.63) is 40.8 Å². The van der Waals surface area contributed by atoms with Crippen LogP contribution >= 0.6 is 0 Å². The van der Waals surface area contributed by atoms with Gasteiger partial charge in [0.25, 0.3) is 0 Å². The van der Waals surface area contributed by atoms with E-state index in [0.29, 0.717) is 11.3 Å². The van der Waals surface area contributed by atoms with Crippen molar-refractivity contribution in [2.45, 2.75) is 31.3 Å². The zero-order chi connectivity index (χ0) is 17.0. The molecule has 126 valence electrons. The van der Waals surface area contributed by atoms with Gasteiger partial charge >= 0.3 is 5.63 Å². The van der Waals surface area contributed by atoms with Crippen molar-refractivity contribution in [1.82, 2.24) is 0 Å². The molecule has 2 rings (SSSR count). The summed E-state index contributed by atoms with van der Waals surface area (Å²) in [6, 6.07) is 8.28. The fraction of sp³-hybridized carbons (Fsp3) is 0.438. The van der Waals surface area contributed by atoms with E-state index >= 15 is 0 Å². The van der Waals surface area contributed by atoms with Crippen LogP contribution in [0.4, 0.5) is 5.69 Å². The average Bonchev–Trinajstić information content (AvgIpc) is 2.53. The van der Waals surface area contributed by atoms with Crippen molar-refractivity contribution in [3.63, 3.8) is 0 Å². The summed E-state index contributed by atoms with van der Waals surface area (Å²) in [5.74, 6) is 0. The second kappa shape index (κ2) is 7.56. The molecule has 4 N–H and O–H groups in total. The summed E-state index contributed by atoms with van der Waals surface area (Å²) in [5.41, 5.74) is 0.688. The quantitative estimate of drug-likeness (QED) is 0.543. The van der Waals surface area contributed by atoms with Crippen LogP contribution in [0.15, 0.2) is 39.5 Å². The van der Waals surface area contributed by atoms with Crippen molar-refractivity contribution in [3.8, 4) is 0 Å². The van der Waals surface area contributed by atoms with Crippen molar-refractivity contribution < 1.29 is 24.5 Å². The molecule has 0 aliphatic rings. The van der Waals surface area contributed by atoms with Gasteiger partial charge in [0.05, 0.1) is 6.10 Å². The molecule has 4 unspecified atom stereocenters. The normalized spacial score (nSPS) is 16.7. The molecule has 1 heterocycles. The van der Waals surface area contributed by atoms with Gasteiger partial charge in [0.15, 0.2) is 0 Å². The lowest BCUT2D eigenvalue weighted by atomic mass is 10.0. The first kappa shape index (κ1) is 17.4. The molecule has 1 aromatic carbocycles. The molecule has 0 spiro atoms. The monoisotopic (exact) mass is 323 g/mol. The number of hydrogen-bond donors (Lipinski definition) is 4. The lowest BCUT2D eigenvalue weighted by molar-refractivity contribution is -0.106. The Morgan fingerprint density at radius 3 is 2.52 bits per heavy atom. The number of aliphatic hydroxyl groups is 3. The number of aliphatic hydroxyl groups excluding tert-OH is 3. The minimum atomic E-state index is -1.31. The third-order valence-corrected chi connectivity index (χ3v) is 3.66. The Balaban J connectivity index is 2.07. The van der Waals surface area contributed by atoms with E-state index < -0.39 is 30.0 Å². The van der Waals surface area contributed by atoms with Gasteiger partial charge in [0.2, 0.25) is 0 Å². The Morgan fingerprint density at radius 1 is 1.17 bits per heavy atom. The number of ether oxygens (including phenoxy) is 1. The van der Waals surface area contributed by atoms with Gasteiger partial charge in [-0.1, -0.05) is 0 Å². The minimum Gasteiger partial charge on any atom is -0.423 e. The molecule has 0 fully saturated rings. The number of fused-ring (bicyclic) bond motifs is 1. The van der Waals surface area contributed by atoms with E-state index in [1.807, 2.05) is 0 Å². The SMILES string of the molecule is COC(CNc1ccc2ccc(=O)oc2c1)C(O)C(O)C(C)O. The van der Waals surface area contributed by atoms with Crippen LogP contribution in [-0.2, 0) is 4.74 Å². The van der Waals surface area contributed by atoms with Crippen LogP contribution in [0.25, 0.3) is 11.0 Å². The van der Waals surface area contributed by atoms with Crippen LogP contribution in [0.2, 0.25) is 0 Å². The van der Waals surface area contributed by atoms with Crippen molar-refractivity contribution in [2.75, 3.05) is 19.0 Å². The molecule has 1 aromatic heterocycles. The van der Waals surface area contributed by atoms with Gasteiger partial charge in [-0.25, -0.2) is 4.79 Å². The maximum absolute atomic E-state index is 11.2. The van der Waals surface area contributed by atoms with Crippen LogP contribution in [0.5, 0.6) is 0 Å². The highest BCUT2D eigenvalue weighted by Crippen LogP contribution is 2.18. The fourth-order valence-electron chi connectivity index (χ4n) is 2.24. The predicted octanol–water partition coefficient (Wildman–Crippen LogP) is 0.322. The van der Waals surface area contributed by atoms with E-state index in [1.54, 1.807) is 24.3 Å². The second-order valence-electron chi connectivity index (χ2n) is 5.38. The fourth-order valence-corrected chi connectivity index (χ4v) is 2.24. The lowest BCUT2D eigenvalue weighted by Gasteiger charge is -2.27. The Hall–Kier alpha value is -1.93. The molecule has 4 atom stereocenters. The summed E-state index contributed by atoms with van der Waals surface area (Å²) in [6.07, 6.45) is -4.35. The second-order valence-corrected chi connectivity index (χ2v) is 5.38. The van der Waals surface area contributed by atoms with Crippen molar-refractivity contribution in [1.29, 1.82) is 0 Å². The Bertz CT molecular complexity index is 698. The number of methoxy groups -OCH3 is 1. The van der Waals surface area contributed by atoms with Crippen LogP contribution in [0.3, 0.4) is 0 Å². The molecule has 0 saturated heterocycles. The van der Waals surface area contributed by atoms with Crippen molar-refractivity contribution in [2.24, 2.45) is 0 Å². The smallest absolute Gasteiger partial charge is 0.336 e. The van der Waals surface area contributed by atoms with Gasteiger partial charge < -0.3 is 29.8 Å². The van der Waals surface area contributed by atoms with Crippen LogP contribution < -0.4 is 10.9 Å². The number of rotatable bonds is 7. The lowest BCUT2D eigenvalue weighted by Crippen LogP contribution is -2.46. The van der Waals surface area contributed by atoms with Crippen LogP contribution in [-0.4, -0.2) is 53.4 Å². The van der Waals surface area contributed by atoms with E-state index in [9.17, 15) is 20.1 Å². The Morgan fingerprint density at radius 2 is 1.87 bits per heavy atom. The summed E-state index contributed by atoms with van der Waals surface area (Å²) in [6.45, 7) is 1.59. The molecule has 0 bridgehead atoms. The first-order valence-corrected chi connectivity index (χ1v) is 7.27. The summed E-state index contributed by atoms with van der Waals surface area (Å²) in [7, 11) is 1.41. The zero-order valence-electron chi connectivity index (χ0n) is 13.0. The molecule has 7 nitrogen and oxygen atoms in total. The molecule has 7 heteroatoms. The first-order valence-electron chi connectivity index (χ1n) is 7.27. The molecule has 0 aliphatic carbocycles. The molecule has 2 aromatic rings. The van der Waals surface area contributed by atoms with Gasteiger partial charge in [-0.3, -0.25) is 0 Å². The number of anilines is 1. The van der Waals surface area contributed by atoms with Gasteiger partial charge in [-0.05, 0) is 25.1 Å². The van der Waals surface area contributed by atoms with E-state index in [0.717, 1.165) is 5.39 Å². The summed E-state index contributed by atoms with van der Waals surface area (Å²) in [5, 5.41) is 32.9. The highest BCUT2D eigenvalue weighted by molar-refractivity contribution is 5.80. The first-order chi connectivity index (χ1) is 10.9. The third-order valence-electron chi connectivity index (χ3n) is 3.66. The minimum absolute atomic E-state index is 0.198. The van der Waals surface area contributed by atoms with Gasteiger partial charge in [-0.15, -0.1) is 0 Å². The highest BCUT2D eigenvalue weighted by Gasteiger charge is 2.29. The van der Waals surface area contributed by atoms with E-state index in [2.05, 4.69) is 5.32 Å². The highest BCUT2D eigenvalue weighted by atomic mass is 16.5. The summed E-state index contributed by atoms with van der Waals surface area (Å²) >= 11 is 0. The zero-order valence-corrected chi connectivity index (χ0v) is 13.0. The van der Waals surface area contributed by atoms with Crippen molar-refractivity contribution >= 4 is 16.7 Å². The maximum Gasteiger partial charge on any atom is 0.336 e. The van der Waals surface area contributed by atoms with Crippen LogP contribution in [0.1, 0.15) is 6.92 Å². The molecule has 0 aliphatic heterocycles. The largest absolute Gasteiger partial charge is 0.423 e. The maximum atomic E-state index is 11.2. The average molecular weight is 323 g/mol. The number of benzene rings is 1. The van der Waals surface area contributed by atoms with E-state index in [-0.39, 0.29) is 6.54 Å². The molecular weight excluding hydrogens is 302 g/mol. The Labute approximate surface area is 133 Å². The van der Waals surface area contributed by atoms with E-state index in [4.69, 9.17) is 9.15 Å². The number of hydrogen-bond acceptors (Lipinski definition) is 7. The molecule has 0 saturated carbocycles. The van der Waals surface area contributed by atoms with Gasteiger partial charge in [-0.2, -0.15) is 0 Å². The topological polar surface area (TPSA) is 112 Å². The molecule has 0 radical (unpaired) electrons. The third kappa shape index (κ3) is 4.29. The Kier molecular flexibility index (Phi) is 5.73. The van der Waals surface area contributed by atoms with E-state index in [1.165, 1.54) is 20.1 Å². The van der Waals surface area contributed by atoms with Gasteiger partial charge in [0.1, 0.15) is 23.9 Å².